The summed E-state index contributed by atoms with van der Waals surface area (Å²) in [6, 6.07) is 12.8. The SMILES string of the molecule is CCn1c(SC[C@@H](O)COc2ccc(C)cc2)nc2cc(S(=O)(=O)N3CCOCC3)ccc21. The molecular formula is C23H29N3O5S2. The summed E-state index contributed by atoms with van der Waals surface area (Å²) in [6.45, 7) is 6.41. The average molecular weight is 492 g/mol. The molecule has 1 saturated heterocycles. The number of hydrogen-bond acceptors (Lipinski definition) is 7. The fourth-order valence-electron chi connectivity index (χ4n) is 3.65. The van der Waals surface area contributed by atoms with Gasteiger partial charge in [-0.3, -0.25) is 0 Å². The molecule has 3 aromatic rings. The number of sulfonamides is 1. The summed E-state index contributed by atoms with van der Waals surface area (Å²) in [4.78, 5) is 4.91. The Labute approximate surface area is 198 Å². The predicted octanol–water partition coefficient (Wildman–Crippen LogP) is 2.92. The lowest BCUT2D eigenvalue weighted by molar-refractivity contribution is 0.0730. The van der Waals surface area contributed by atoms with Gasteiger partial charge in [0.15, 0.2) is 5.16 Å². The number of aliphatic hydroxyl groups excluding tert-OH is 1. The second-order valence-electron chi connectivity index (χ2n) is 7.89. The van der Waals surface area contributed by atoms with Crippen LogP contribution in [0.3, 0.4) is 0 Å². The maximum absolute atomic E-state index is 13.0. The maximum atomic E-state index is 13.0. The largest absolute Gasteiger partial charge is 0.491 e. The molecule has 1 fully saturated rings. The molecule has 33 heavy (non-hydrogen) atoms. The van der Waals surface area contributed by atoms with Crippen molar-refractivity contribution in [2.75, 3.05) is 38.7 Å². The molecule has 0 aliphatic carbocycles. The zero-order chi connectivity index (χ0) is 23.4. The number of thioether (sulfide) groups is 1. The van der Waals surface area contributed by atoms with E-state index in [0.717, 1.165) is 22.0 Å². The number of aryl methyl sites for hydroxylation is 2. The van der Waals surface area contributed by atoms with E-state index in [0.29, 0.717) is 44.1 Å². The van der Waals surface area contributed by atoms with Gasteiger partial charge >= 0.3 is 0 Å². The molecule has 4 rings (SSSR count). The Kier molecular flexibility index (Phi) is 7.60. The number of hydrogen-bond donors (Lipinski definition) is 1. The Hall–Kier alpha value is -2.11. The number of benzene rings is 2. The zero-order valence-corrected chi connectivity index (χ0v) is 20.4. The van der Waals surface area contributed by atoms with Crippen molar-refractivity contribution in [1.29, 1.82) is 0 Å². The van der Waals surface area contributed by atoms with Crippen molar-refractivity contribution in [1.82, 2.24) is 13.9 Å². The van der Waals surface area contributed by atoms with Gasteiger partial charge in [-0.25, -0.2) is 13.4 Å². The number of imidazole rings is 1. The minimum atomic E-state index is -3.59. The van der Waals surface area contributed by atoms with E-state index in [1.165, 1.54) is 16.1 Å². The summed E-state index contributed by atoms with van der Waals surface area (Å²) < 4.78 is 40.4. The molecule has 8 nitrogen and oxygen atoms in total. The van der Waals surface area contributed by atoms with Crippen molar-refractivity contribution in [2.24, 2.45) is 0 Å². The van der Waals surface area contributed by atoms with Crippen LogP contribution in [-0.2, 0) is 21.3 Å². The van der Waals surface area contributed by atoms with Crippen LogP contribution in [0.1, 0.15) is 12.5 Å². The Morgan fingerprint density at radius 3 is 2.61 bits per heavy atom. The normalized spacial score (nSPS) is 16.2. The smallest absolute Gasteiger partial charge is 0.243 e. The van der Waals surface area contributed by atoms with Gasteiger partial charge in [0, 0.05) is 25.4 Å². The molecule has 1 aromatic heterocycles. The fourth-order valence-corrected chi connectivity index (χ4v) is 6.06. The maximum Gasteiger partial charge on any atom is 0.243 e. The van der Waals surface area contributed by atoms with Crippen LogP contribution in [-0.4, -0.2) is 72.1 Å². The van der Waals surface area contributed by atoms with Crippen LogP contribution in [0.2, 0.25) is 0 Å². The molecule has 0 spiro atoms. The van der Waals surface area contributed by atoms with Crippen molar-refractivity contribution in [3.63, 3.8) is 0 Å². The first-order valence-electron chi connectivity index (χ1n) is 11.0. The highest BCUT2D eigenvalue weighted by atomic mass is 32.2. The van der Waals surface area contributed by atoms with Crippen LogP contribution in [0.15, 0.2) is 52.5 Å². The quantitative estimate of drug-likeness (QED) is 0.460. The van der Waals surface area contributed by atoms with Crippen molar-refractivity contribution >= 4 is 32.8 Å². The lowest BCUT2D eigenvalue weighted by atomic mass is 10.2. The summed E-state index contributed by atoms with van der Waals surface area (Å²) in [7, 11) is -3.59. The minimum absolute atomic E-state index is 0.185. The van der Waals surface area contributed by atoms with E-state index < -0.39 is 16.1 Å². The third-order valence-electron chi connectivity index (χ3n) is 5.48. The van der Waals surface area contributed by atoms with E-state index in [1.54, 1.807) is 18.2 Å². The number of aliphatic hydroxyl groups is 1. The number of nitrogens with zero attached hydrogens (tertiary/aromatic N) is 3. The van der Waals surface area contributed by atoms with Crippen LogP contribution >= 0.6 is 11.8 Å². The first-order valence-corrected chi connectivity index (χ1v) is 13.4. The number of morpholine rings is 1. The first-order chi connectivity index (χ1) is 15.9. The van der Waals surface area contributed by atoms with Gasteiger partial charge in [0.25, 0.3) is 0 Å². The Morgan fingerprint density at radius 1 is 1.18 bits per heavy atom. The Morgan fingerprint density at radius 2 is 1.91 bits per heavy atom. The van der Waals surface area contributed by atoms with E-state index in [1.807, 2.05) is 42.7 Å². The third kappa shape index (κ3) is 5.52. The lowest BCUT2D eigenvalue weighted by Crippen LogP contribution is -2.40. The average Bonchev–Trinajstić information content (AvgIpc) is 3.19. The standard InChI is InChI=1S/C23H29N3O5S2/c1-3-26-22-9-8-20(33(28,29)25-10-12-30-13-11-25)14-21(22)24-23(26)32-16-18(27)15-31-19-6-4-17(2)5-7-19/h4-9,14,18,27H,3,10-13,15-16H2,1-2H3/t18-/m0/s1. The molecule has 0 saturated carbocycles. The molecule has 0 bridgehead atoms. The Bertz CT molecular complexity index is 1190. The summed E-state index contributed by atoms with van der Waals surface area (Å²) in [5, 5.41) is 11.1. The van der Waals surface area contributed by atoms with Gasteiger partial charge in [-0.2, -0.15) is 4.31 Å². The van der Waals surface area contributed by atoms with Gasteiger partial charge in [0.1, 0.15) is 12.4 Å². The highest BCUT2D eigenvalue weighted by Crippen LogP contribution is 2.28. The van der Waals surface area contributed by atoms with Gasteiger partial charge in [-0.05, 0) is 44.2 Å². The third-order valence-corrected chi connectivity index (χ3v) is 8.49. The van der Waals surface area contributed by atoms with E-state index in [9.17, 15) is 13.5 Å². The fraction of sp³-hybridized carbons (Fsp3) is 0.435. The number of fused-ring (bicyclic) bond motifs is 1. The molecular weight excluding hydrogens is 462 g/mol. The second kappa shape index (κ2) is 10.4. The van der Waals surface area contributed by atoms with E-state index in [-0.39, 0.29) is 11.5 Å². The molecule has 1 aliphatic rings. The molecule has 1 atom stereocenters. The topological polar surface area (TPSA) is 93.9 Å². The number of ether oxygens (including phenoxy) is 2. The van der Waals surface area contributed by atoms with Gasteiger partial charge in [0.2, 0.25) is 10.0 Å². The highest BCUT2D eigenvalue weighted by Gasteiger charge is 2.27. The second-order valence-corrected chi connectivity index (χ2v) is 10.8. The van der Waals surface area contributed by atoms with Crippen molar-refractivity contribution < 1.29 is 23.0 Å². The van der Waals surface area contributed by atoms with Gasteiger partial charge in [0.05, 0.1) is 35.2 Å². The van der Waals surface area contributed by atoms with E-state index in [4.69, 9.17) is 9.47 Å². The molecule has 2 aromatic carbocycles. The summed E-state index contributed by atoms with van der Waals surface area (Å²) in [5.41, 5.74) is 2.64. The summed E-state index contributed by atoms with van der Waals surface area (Å²) >= 11 is 1.43. The molecule has 0 amide bonds. The minimum Gasteiger partial charge on any atom is -0.491 e. The summed E-state index contributed by atoms with van der Waals surface area (Å²) in [5.74, 6) is 1.13. The van der Waals surface area contributed by atoms with Gasteiger partial charge in [-0.1, -0.05) is 29.5 Å². The van der Waals surface area contributed by atoms with Crippen molar-refractivity contribution in [3.8, 4) is 5.75 Å². The predicted molar refractivity (Wildman–Crippen MR) is 128 cm³/mol. The molecule has 0 radical (unpaired) electrons. The van der Waals surface area contributed by atoms with E-state index in [2.05, 4.69) is 4.98 Å². The monoisotopic (exact) mass is 491 g/mol. The molecule has 178 valence electrons. The first kappa shape index (κ1) is 24.0. The molecule has 10 heteroatoms. The van der Waals surface area contributed by atoms with E-state index >= 15 is 0 Å². The van der Waals surface area contributed by atoms with Crippen LogP contribution in [0.5, 0.6) is 5.75 Å². The summed E-state index contributed by atoms with van der Waals surface area (Å²) in [6.07, 6.45) is -0.668. The lowest BCUT2D eigenvalue weighted by Gasteiger charge is -2.26. The molecule has 0 unspecified atom stereocenters. The number of rotatable bonds is 9. The zero-order valence-electron chi connectivity index (χ0n) is 18.8. The Balaban J connectivity index is 1.45. The van der Waals surface area contributed by atoms with Gasteiger partial charge in [-0.15, -0.1) is 0 Å². The van der Waals surface area contributed by atoms with Gasteiger partial charge < -0.3 is 19.1 Å². The van der Waals surface area contributed by atoms with Crippen LogP contribution in [0.4, 0.5) is 0 Å². The molecule has 1 aliphatic heterocycles. The highest BCUT2D eigenvalue weighted by molar-refractivity contribution is 7.99. The van der Waals surface area contributed by atoms with Crippen LogP contribution < -0.4 is 4.74 Å². The van der Waals surface area contributed by atoms with Crippen molar-refractivity contribution in [3.05, 3.63) is 48.0 Å². The molecule has 2 heterocycles. The van der Waals surface area contributed by atoms with Crippen LogP contribution in [0.25, 0.3) is 11.0 Å². The number of aromatic nitrogens is 2. The van der Waals surface area contributed by atoms with Crippen molar-refractivity contribution in [2.45, 2.75) is 36.5 Å². The molecule has 1 N–H and O–H groups in total. The van der Waals surface area contributed by atoms with Crippen LogP contribution in [0, 0.1) is 6.92 Å².